The van der Waals surface area contributed by atoms with Gasteiger partial charge in [0.25, 0.3) is 5.91 Å². The molecule has 18 heavy (non-hydrogen) atoms. The molecule has 1 aromatic carbocycles. The van der Waals surface area contributed by atoms with Crippen LogP contribution in [0.4, 0.5) is 0 Å². The zero-order valence-corrected chi connectivity index (χ0v) is 11.1. The summed E-state index contributed by atoms with van der Waals surface area (Å²) in [6, 6.07) is 7.42. The van der Waals surface area contributed by atoms with E-state index in [1.165, 1.54) is 0 Å². The van der Waals surface area contributed by atoms with E-state index in [9.17, 15) is 4.79 Å². The average molecular weight is 250 g/mol. The normalized spacial score (nSPS) is 12.2. The second-order valence-corrected chi connectivity index (χ2v) is 4.32. The maximum atomic E-state index is 12.0. The Morgan fingerprint density at radius 3 is 2.56 bits per heavy atom. The highest BCUT2D eigenvalue weighted by Crippen LogP contribution is 2.05. The van der Waals surface area contributed by atoms with Gasteiger partial charge in [-0.3, -0.25) is 4.79 Å². The van der Waals surface area contributed by atoms with Gasteiger partial charge in [0.1, 0.15) is 0 Å². The first-order valence-corrected chi connectivity index (χ1v) is 6.30. The summed E-state index contributed by atoms with van der Waals surface area (Å²) >= 11 is 0. The van der Waals surface area contributed by atoms with E-state index in [-0.39, 0.29) is 11.9 Å². The number of ether oxygens (including phenoxy) is 1. The Balaban J connectivity index is 2.61. The monoisotopic (exact) mass is 250 g/mol. The predicted molar refractivity (Wildman–Crippen MR) is 72.4 cm³/mol. The number of methoxy groups -OCH3 is 1. The summed E-state index contributed by atoms with van der Waals surface area (Å²) in [6.45, 7) is 3.12. The van der Waals surface area contributed by atoms with Crippen molar-refractivity contribution in [1.29, 1.82) is 0 Å². The second-order valence-electron chi connectivity index (χ2n) is 4.32. The van der Waals surface area contributed by atoms with Crippen LogP contribution < -0.4 is 11.1 Å². The molecule has 1 rings (SSSR count). The van der Waals surface area contributed by atoms with Gasteiger partial charge in [0, 0.05) is 19.2 Å². The van der Waals surface area contributed by atoms with Crippen LogP contribution in [0.3, 0.4) is 0 Å². The molecule has 0 aromatic heterocycles. The number of carbonyl (C=O) groups is 1. The molecule has 0 bridgehead atoms. The van der Waals surface area contributed by atoms with Gasteiger partial charge < -0.3 is 15.8 Å². The topological polar surface area (TPSA) is 64.3 Å². The van der Waals surface area contributed by atoms with Crippen molar-refractivity contribution < 1.29 is 9.53 Å². The van der Waals surface area contributed by atoms with Gasteiger partial charge in [-0.1, -0.05) is 25.5 Å². The molecule has 0 fully saturated rings. The molecule has 0 aliphatic carbocycles. The summed E-state index contributed by atoms with van der Waals surface area (Å²) in [6.07, 6.45) is 1.93. The van der Waals surface area contributed by atoms with Gasteiger partial charge in [-0.25, -0.2) is 0 Å². The Morgan fingerprint density at radius 2 is 2.06 bits per heavy atom. The lowest BCUT2D eigenvalue weighted by Gasteiger charge is -2.17. The highest BCUT2D eigenvalue weighted by Gasteiger charge is 2.12. The zero-order valence-electron chi connectivity index (χ0n) is 11.1. The van der Waals surface area contributed by atoms with E-state index in [0.29, 0.717) is 18.7 Å². The Morgan fingerprint density at radius 1 is 1.39 bits per heavy atom. The predicted octanol–water partition coefficient (Wildman–Crippen LogP) is 1.69. The number of nitrogens with two attached hydrogens (primary N) is 1. The first kappa shape index (κ1) is 14.7. The smallest absolute Gasteiger partial charge is 0.251 e. The molecule has 0 saturated heterocycles. The van der Waals surface area contributed by atoms with Gasteiger partial charge in [-0.2, -0.15) is 0 Å². The first-order chi connectivity index (χ1) is 8.71. The van der Waals surface area contributed by atoms with Gasteiger partial charge in [0.2, 0.25) is 0 Å². The standard InChI is InChI=1S/C14H22N2O2/c1-3-4-13(10-18-2)16-14(17)12-7-5-11(9-15)6-8-12/h5-8,13H,3-4,9-10,15H2,1-2H3,(H,16,17). The number of rotatable bonds is 7. The molecule has 3 N–H and O–H groups in total. The Hall–Kier alpha value is -1.39. The molecule has 0 aliphatic heterocycles. The van der Waals surface area contributed by atoms with Crippen molar-refractivity contribution in [2.75, 3.05) is 13.7 Å². The number of nitrogens with one attached hydrogen (secondary N) is 1. The molecule has 100 valence electrons. The minimum atomic E-state index is -0.0610. The van der Waals surface area contributed by atoms with Crippen LogP contribution in [-0.4, -0.2) is 25.7 Å². The van der Waals surface area contributed by atoms with E-state index in [4.69, 9.17) is 10.5 Å². The van der Waals surface area contributed by atoms with Crippen molar-refractivity contribution in [2.45, 2.75) is 32.4 Å². The van der Waals surface area contributed by atoms with Crippen LogP contribution in [0.5, 0.6) is 0 Å². The molecule has 0 spiro atoms. The van der Waals surface area contributed by atoms with E-state index in [0.717, 1.165) is 18.4 Å². The van der Waals surface area contributed by atoms with Gasteiger partial charge in [-0.15, -0.1) is 0 Å². The summed E-state index contributed by atoms with van der Waals surface area (Å²) in [7, 11) is 1.64. The quantitative estimate of drug-likeness (QED) is 0.774. The van der Waals surface area contributed by atoms with Crippen LogP contribution in [-0.2, 0) is 11.3 Å². The van der Waals surface area contributed by atoms with Crippen molar-refractivity contribution in [3.8, 4) is 0 Å². The Labute approximate surface area is 109 Å². The van der Waals surface area contributed by atoms with Crippen LogP contribution in [0.2, 0.25) is 0 Å². The zero-order chi connectivity index (χ0) is 13.4. The lowest BCUT2D eigenvalue weighted by Crippen LogP contribution is -2.37. The number of hydrogen-bond donors (Lipinski definition) is 2. The highest BCUT2D eigenvalue weighted by molar-refractivity contribution is 5.94. The van der Waals surface area contributed by atoms with Crippen LogP contribution >= 0.6 is 0 Å². The third kappa shape index (κ3) is 4.47. The van der Waals surface area contributed by atoms with Crippen molar-refractivity contribution in [3.05, 3.63) is 35.4 Å². The van der Waals surface area contributed by atoms with Gasteiger partial charge >= 0.3 is 0 Å². The third-order valence-electron chi connectivity index (χ3n) is 2.79. The molecule has 4 nitrogen and oxygen atoms in total. The summed E-state index contributed by atoms with van der Waals surface area (Å²) in [5.74, 6) is -0.0610. The summed E-state index contributed by atoms with van der Waals surface area (Å²) in [4.78, 5) is 12.0. The van der Waals surface area contributed by atoms with Crippen molar-refractivity contribution in [1.82, 2.24) is 5.32 Å². The first-order valence-electron chi connectivity index (χ1n) is 6.30. The Kier molecular flexibility index (Phi) is 6.39. The van der Waals surface area contributed by atoms with E-state index < -0.39 is 0 Å². The number of carbonyl (C=O) groups excluding carboxylic acids is 1. The molecular formula is C14H22N2O2. The van der Waals surface area contributed by atoms with E-state index >= 15 is 0 Å². The van der Waals surface area contributed by atoms with E-state index in [2.05, 4.69) is 12.2 Å². The highest BCUT2D eigenvalue weighted by atomic mass is 16.5. The van der Waals surface area contributed by atoms with Crippen molar-refractivity contribution in [3.63, 3.8) is 0 Å². The molecular weight excluding hydrogens is 228 g/mol. The maximum absolute atomic E-state index is 12.0. The van der Waals surface area contributed by atoms with Gasteiger partial charge in [0.15, 0.2) is 0 Å². The molecule has 0 aliphatic rings. The van der Waals surface area contributed by atoms with Crippen LogP contribution in [0.25, 0.3) is 0 Å². The molecule has 1 atom stereocenters. The lowest BCUT2D eigenvalue weighted by molar-refractivity contribution is 0.0891. The molecule has 0 saturated carbocycles. The minimum Gasteiger partial charge on any atom is -0.383 e. The van der Waals surface area contributed by atoms with Crippen molar-refractivity contribution >= 4 is 5.91 Å². The fourth-order valence-electron chi connectivity index (χ4n) is 1.81. The maximum Gasteiger partial charge on any atom is 0.251 e. The van der Waals surface area contributed by atoms with Crippen LogP contribution in [0.15, 0.2) is 24.3 Å². The summed E-state index contributed by atoms with van der Waals surface area (Å²) < 4.78 is 5.10. The van der Waals surface area contributed by atoms with Gasteiger partial charge in [0.05, 0.1) is 12.6 Å². The molecule has 1 unspecified atom stereocenters. The third-order valence-corrected chi connectivity index (χ3v) is 2.79. The molecule has 0 heterocycles. The fraction of sp³-hybridized carbons (Fsp3) is 0.500. The largest absolute Gasteiger partial charge is 0.383 e. The van der Waals surface area contributed by atoms with Crippen molar-refractivity contribution in [2.24, 2.45) is 5.73 Å². The minimum absolute atomic E-state index is 0.0610. The average Bonchev–Trinajstić information content (AvgIpc) is 2.39. The van der Waals surface area contributed by atoms with Crippen LogP contribution in [0, 0.1) is 0 Å². The van der Waals surface area contributed by atoms with Crippen LogP contribution in [0.1, 0.15) is 35.7 Å². The number of hydrogen-bond acceptors (Lipinski definition) is 3. The summed E-state index contributed by atoms with van der Waals surface area (Å²) in [5, 5.41) is 2.98. The summed E-state index contributed by atoms with van der Waals surface area (Å²) in [5.41, 5.74) is 7.20. The SMILES string of the molecule is CCCC(COC)NC(=O)c1ccc(CN)cc1. The fourth-order valence-corrected chi connectivity index (χ4v) is 1.81. The molecule has 4 heteroatoms. The number of amides is 1. The molecule has 1 amide bonds. The van der Waals surface area contributed by atoms with Gasteiger partial charge in [-0.05, 0) is 24.1 Å². The molecule has 1 aromatic rings. The Bertz CT molecular complexity index is 357. The van der Waals surface area contributed by atoms with E-state index in [1.54, 1.807) is 19.2 Å². The lowest BCUT2D eigenvalue weighted by atomic mass is 10.1. The van der Waals surface area contributed by atoms with E-state index in [1.807, 2.05) is 12.1 Å². The molecule has 0 radical (unpaired) electrons. The number of benzene rings is 1. The second kappa shape index (κ2) is 7.84.